The molecule has 1 N–H and O–H groups in total. The average molecular weight is 221 g/mol. The first kappa shape index (κ1) is 12.2. The van der Waals surface area contributed by atoms with Crippen LogP contribution >= 0.6 is 0 Å². The minimum Gasteiger partial charge on any atom is -0.449 e. The molecule has 5 heteroatoms. The number of hydrazone groups is 1. The molecule has 0 saturated heterocycles. The van der Waals surface area contributed by atoms with E-state index in [1.54, 1.807) is 19.3 Å². The summed E-state index contributed by atoms with van der Waals surface area (Å²) in [5.41, 5.74) is 3.99. The third kappa shape index (κ3) is 3.68. The minimum atomic E-state index is -0.544. The molecule has 0 saturated carbocycles. The highest BCUT2D eigenvalue weighted by Crippen LogP contribution is 2.01. The summed E-state index contributed by atoms with van der Waals surface area (Å²) in [5, 5.41) is 3.98. The van der Waals surface area contributed by atoms with E-state index in [0.717, 1.165) is 11.3 Å². The van der Waals surface area contributed by atoms with Gasteiger partial charge in [0.25, 0.3) is 0 Å². The van der Waals surface area contributed by atoms with E-state index >= 15 is 0 Å². The Hall–Kier alpha value is -1.91. The molecule has 0 aliphatic heterocycles. The number of rotatable bonds is 4. The lowest BCUT2D eigenvalue weighted by Gasteiger charge is -2.04. The first-order chi connectivity index (χ1) is 7.77. The van der Waals surface area contributed by atoms with E-state index in [4.69, 9.17) is 4.74 Å². The molecule has 1 amide bonds. The summed E-state index contributed by atoms with van der Waals surface area (Å²) in [6, 6.07) is 3.72. The number of ether oxygens (including phenoxy) is 1. The average Bonchev–Trinajstić information content (AvgIpc) is 2.31. The van der Waals surface area contributed by atoms with Crippen LogP contribution in [-0.4, -0.2) is 23.4 Å². The van der Waals surface area contributed by atoms with Gasteiger partial charge in [0.1, 0.15) is 0 Å². The Morgan fingerprint density at radius 1 is 1.56 bits per heavy atom. The van der Waals surface area contributed by atoms with Gasteiger partial charge in [0, 0.05) is 18.0 Å². The van der Waals surface area contributed by atoms with Crippen molar-refractivity contribution < 1.29 is 9.53 Å². The Morgan fingerprint density at radius 3 is 2.94 bits per heavy atom. The largest absolute Gasteiger partial charge is 0.449 e. The topological polar surface area (TPSA) is 63.6 Å². The lowest BCUT2D eigenvalue weighted by Crippen LogP contribution is -2.20. The van der Waals surface area contributed by atoms with Crippen molar-refractivity contribution in [2.45, 2.75) is 20.3 Å². The molecule has 0 atom stereocenters. The number of nitrogens with one attached hydrogen (secondary N) is 1. The molecule has 1 aromatic rings. The summed E-state index contributed by atoms with van der Waals surface area (Å²) in [6.45, 7) is 4.03. The van der Waals surface area contributed by atoms with E-state index in [-0.39, 0.29) is 0 Å². The number of carbonyl (C=O) groups excluding carboxylic acids is 1. The number of carbonyl (C=O) groups is 1. The summed E-state index contributed by atoms with van der Waals surface area (Å²) in [5.74, 6) is 0. The SMILES string of the molecule is CCOC(=O)NN=C(CC)c1cccnc1. The maximum absolute atomic E-state index is 11.0. The van der Waals surface area contributed by atoms with E-state index < -0.39 is 6.09 Å². The Bertz CT molecular complexity index is 363. The van der Waals surface area contributed by atoms with Gasteiger partial charge >= 0.3 is 6.09 Å². The van der Waals surface area contributed by atoms with Crippen LogP contribution in [0.2, 0.25) is 0 Å². The first-order valence-corrected chi connectivity index (χ1v) is 5.17. The second-order valence-electron chi connectivity index (χ2n) is 2.99. The number of hydrogen-bond acceptors (Lipinski definition) is 4. The smallest absolute Gasteiger partial charge is 0.427 e. The molecule has 0 bridgehead atoms. The Kier molecular flexibility index (Phi) is 4.98. The highest BCUT2D eigenvalue weighted by molar-refractivity contribution is 6.00. The molecular weight excluding hydrogens is 206 g/mol. The molecule has 1 heterocycles. The Labute approximate surface area is 94.5 Å². The number of amides is 1. The normalized spacial score (nSPS) is 11.0. The van der Waals surface area contributed by atoms with E-state index in [2.05, 4.69) is 15.5 Å². The fraction of sp³-hybridized carbons (Fsp3) is 0.364. The number of pyridine rings is 1. The van der Waals surface area contributed by atoms with E-state index in [9.17, 15) is 4.79 Å². The van der Waals surface area contributed by atoms with Crippen molar-refractivity contribution in [3.05, 3.63) is 30.1 Å². The third-order valence-electron chi connectivity index (χ3n) is 1.89. The summed E-state index contributed by atoms with van der Waals surface area (Å²) < 4.78 is 4.70. The first-order valence-electron chi connectivity index (χ1n) is 5.17. The summed E-state index contributed by atoms with van der Waals surface area (Å²) >= 11 is 0. The second kappa shape index (κ2) is 6.55. The minimum absolute atomic E-state index is 0.329. The van der Waals surface area contributed by atoms with Crippen LogP contribution in [-0.2, 0) is 4.74 Å². The third-order valence-corrected chi connectivity index (χ3v) is 1.89. The van der Waals surface area contributed by atoms with Gasteiger partial charge < -0.3 is 4.74 Å². The monoisotopic (exact) mass is 221 g/mol. The van der Waals surface area contributed by atoms with Crippen LogP contribution in [0, 0.1) is 0 Å². The van der Waals surface area contributed by atoms with Crippen molar-refractivity contribution in [2.75, 3.05) is 6.61 Å². The lowest BCUT2D eigenvalue weighted by molar-refractivity contribution is 0.152. The van der Waals surface area contributed by atoms with Crippen molar-refractivity contribution in [2.24, 2.45) is 5.10 Å². The summed E-state index contributed by atoms with van der Waals surface area (Å²) in [4.78, 5) is 15.0. The molecule has 0 spiro atoms. The van der Waals surface area contributed by atoms with Gasteiger partial charge in [-0.3, -0.25) is 4.98 Å². The number of aromatic nitrogens is 1. The number of nitrogens with zero attached hydrogens (tertiary/aromatic N) is 2. The van der Waals surface area contributed by atoms with E-state index in [1.807, 2.05) is 19.1 Å². The molecule has 0 fully saturated rings. The highest BCUT2D eigenvalue weighted by Gasteiger charge is 2.02. The fourth-order valence-electron chi connectivity index (χ4n) is 1.16. The molecule has 0 unspecified atom stereocenters. The quantitative estimate of drug-likeness (QED) is 0.624. The molecular formula is C11H15N3O2. The summed E-state index contributed by atoms with van der Waals surface area (Å²) in [6.07, 6.45) is 3.56. The van der Waals surface area contributed by atoms with E-state index in [1.165, 1.54) is 0 Å². The molecule has 1 rings (SSSR count). The standard InChI is InChI=1S/C11H15N3O2/c1-3-10(9-6-5-7-12-8-9)13-14-11(15)16-4-2/h5-8H,3-4H2,1-2H3,(H,14,15). The van der Waals surface area contributed by atoms with Crippen molar-refractivity contribution >= 4 is 11.8 Å². The van der Waals surface area contributed by atoms with Crippen LogP contribution < -0.4 is 5.43 Å². The van der Waals surface area contributed by atoms with Gasteiger partial charge in [0.05, 0.1) is 12.3 Å². The maximum atomic E-state index is 11.0. The molecule has 86 valence electrons. The van der Waals surface area contributed by atoms with Gasteiger partial charge in [-0.25, -0.2) is 10.2 Å². The van der Waals surface area contributed by atoms with Crippen LogP contribution in [0.15, 0.2) is 29.6 Å². The van der Waals surface area contributed by atoms with Gasteiger partial charge in [-0.1, -0.05) is 13.0 Å². The fourth-order valence-corrected chi connectivity index (χ4v) is 1.16. The lowest BCUT2D eigenvalue weighted by atomic mass is 10.1. The Morgan fingerprint density at radius 2 is 2.38 bits per heavy atom. The number of hydrogen-bond donors (Lipinski definition) is 1. The van der Waals surface area contributed by atoms with Crippen LogP contribution in [0.4, 0.5) is 4.79 Å². The molecule has 0 aliphatic rings. The molecule has 0 radical (unpaired) electrons. The molecule has 5 nitrogen and oxygen atoms in total. The van der Waals surface area contributed by atoms with Gasteiger partial charge in [-0.2, -0.15) is 5.10 Å². The summed E-state index contributed by atoms with van der Waals surface area (Å²) in [7, 11) is 0. The van der Waals surface area contributed by atoms with Crippen molar-refractivity contribution in [3.63, 3.8) is 0 Å². The van der Waals surface area contributed by atoms with Gasteiger partial charge in [0.15, 0.2) is 0 Å². The second-order valence-corrected chi connectivity index (χ2v) is 2.99. The maximum Gasteiger partial charge on any atom is 0.427 e. The molecule has 0 aliphatic carbocycles. The zero-order valence-electron chi connectivity index (χ0n) is 9.43. The van der Waals surface area contributed by atoms with Crippen LogP contribution in [0.5, 0.6) is 0 Å². The van der Waals surface area contributed by atoms with Crippen molar-refractivity contribution in [1.29, 1.82) is 0 Å². The predicted octanol–water partition coefficient (Wildman–Crippen LogP) is 1.94. The zero-order chi connectivity index (χ0) is 11.8. The van der Waals surface area contributed by atoms with Crippen LogP contribution in [0.1, 0.15) is 25.8 Å². The van der Waals surface area contributed by atoms with Gasteiger partial charge in [-0.05, 0) is 19.4 Å². The van der Waals surface area contributed by atoms with Gasteiger partial charge in [-0.15, -0.1) is 0 Å². The zero-order valence-corrected chi connectivity index (χ0v) is 9.43. The Balaban J connectivity index is 2.68. The predicted molar refractivity (Wildman–Crippen MR) is 61.2 cm³/mol. The van der Waals surface area contributed by atoms with Crippen molar-refractivity contribution in [1.82, 2.24) is 10.4 Å². The van der Waals surface area contributed by atoms with Gasteiger partial charge in [0.2, 0.25) is 0 Å². The van der Waals surface area contributed by atoms with Crippen molar-refractivity contribution in [3.8, 4) is 0 Å². The molecule has 1 aromatic heterocycles. The van der Waals surface area contributed by atoms with E-state index in [0.29, 0.717) is 13.0 Å². The molecule has 0 aromatic carbocycles. The van der Waals surface area contributed by atoms with Crippen LogP contribution in [0.25, 0.3) is 0 Å². The molecule has 16 heavy (non-hydrogen) atoms. The highest BCUT2D eigenvalue weighted by atomic mass is 16.5. The van der Waals surface area contributed by atoms with Crippen LogP contribution in [0.3, 0.4) is 0 Å².